The van der Waals surface area contributed by atoms with Crippen molar-refractivity contribution in [2.24, 2.45) is 0 Å². The van der Waals surface area contributed by atoms with Gasteiger partial charge in [-0.1, -0.05) is 24.6 Å². The molecule has 0 aliphatic rings. The highest BCUT2D eigenvalue weighted by Crippen LogP contribution is 2.17. The number of halogens is 2. The third-order valence-corrected chi connectivity index (χ3v) is 3.44. The standard InChI is InChI=1S/C16H18ClFN2/c1-2-20-15(9-12-5-7-19-8-6-12)10-13-3-4-14(17)11-16(13)18/h3-8,11,15,20H,2,9-10H2,1H3. The fourth-order valence-electron chi connectivity index (χ4n) is 2.26. The van der Waals surface area contributed by atoms with Gasteiger partial charge in [0.05, 0.1) is 0 Å². The summed E-state index contributed by atoms with van der Waals surface area (Å²) in [6.07, 6.45) is 5.04. The summed E-state index contributed by atoms with van der Waals surface area (Å²) in [6, 6.07) is 9.03. The van der Waals surface area contributed by atoms with Crippen LogP contribution in [0, 0.1) is 5.82 Å². The van der Waals surface area contributed by atoms with E-state index >= 15 is 0 Å². The van der Waals surface area contributed by atoms with Crippen LogP contribution in [0.2, 0.25) is 5.02 Å². The molecule has 1 unspecified atom stereocenters. The smallest absolute Gasteiger partial charge is 0.127 e. The van der Waals surface area contributed by atoms with Crippen molar-refractivity contribution in [2.45, 2.75) is 25.8 Å². The molecule has 106 valence electrons. The second-order valence-electron chi connectivity index (χ2n) is 4.75. The lowest BCUT2D eigenvalue weighted by atomic mass is 9.99. The molecule has 0 saturated heterocycles. The van der Waals surface area contributed by atoms with Gasteiger partial charge in [0.2, 0.25) is 0 Å². The normalized spacial score (nSPS) is 12.3. The summed E-state index contributed by atoms with van der Waals surface area (Å²) < 4.78 is 13.9. The Kier molecular flexibility index (Phi) is 5.50. The molecule has 0 amide bonds. The topological polar surface area (TPSA) is 24.9 Å². The number of hydrogen-bond acceptors (Lipinski definition) is 2. The fourth-order valence-corrected chi connectivity index (χ4v) is 2.42. The quantitative estimate of drug-likeness (QED) is 0.879. The van der Waals surface area contributed by atoms with Crippen LogP contribution in [0.4, 0.5) is 4.39 Å². The Morgan fingerprint density at radius 3 is 2.60 bits per heavy atom. The highest BCUT2D eigenvalue weighted by Gasteiger charge is 2.12. The number of hydrogen-bond donors (Lipinski definition) is 1. The van der Waals surface area contributed by atoms with Crippen LogP contribution in [0.3, 0.4) is 0 Å². The molecule has 0 spiro atoms. The van der Waals surface area contributed by atoms with E-state index in [4.69, 9.17) is 11.6 Å². The van der Waals surface area contributed by atoms with Crippen molar-refractivity contribution >= 4 is 11.6 Å². The molecule has 4 heteroatoms. The van der Waals surface area contributed by atoms with Crippen molar-refractivity contribution < 1.29 is 4.39 Å². The number of rotatable bonds is 6. The van der Waals surface area contributed by atoms with Gasteiger partial charge in [0.15, 0.2) is 0 Å². The molecule has 1 aromatic heterocycles. The lowest BCUT2D eigenvalue weighted by Gasteiger charge is -2.18. The predicted octanol–water partition coefficient (Wildman–Crippen LogP) is 3.64. The molecule has 0 aliphatic carbocycles. The zero-order valence-electron chi connectivity index (χ0n) is 11.4. The molecular weight excluding hydrogens is 275 g/mol. The Morgan fingerprint density at radius 2 is 1.95 bits per heavy atom. The van der Waals surface area contributed by atoms with Crippen molar-refractivity contribution in [1.82, 2.24) is 10.3 Å². The second-order valence-corrected chi connectivity index (χ2v) is 5.19. The SMILES string of the molecule is CCNC(Cc1ccncc1)Cc1ccc(Cl)cc1F. The van der Waals surface area contributed by atoms with Gasteiger partial charge in [-0.15, -0.1) is 0 Å². The fraction of sp³-hybridized carbons (Fsp3) is 0.312. The maximum Gasteiger partial charge on any atom is 0.127 e. The van der Waals surface area contributed by atoms with Crippen LogP contribution < -0.4 is 5.32 Å². The largest absolute Gasteiger partial charge is 0.314 e. The number of benzene rings is 1. The average Bonchev–Trinajstić information content (AvgIpc) is 2.43. The van der Waals surface area contributed by atoms with E-state index in [1.807, 2.05) is 12.1 Å². The number of nitrogens with zero attached hydrogens (tertiary/aromatic N) is 1. The van der Waals surface area contributed by atoms with Crippen LogP contribution in [0.1, 0.15) is 18.1 Å². The van der Waals surface area contributed by atoms with Crippen molar-refractivity contribution in [3.63, 3.8) is 0 Å². The number of aromatic nitrogens is 1. The van der Waals surface area contributed by atoms with Gasteiger partial charge in [-0.05, 0) is 54.8 Å². The molecule has 0 saturated carbocycles. The number of pyridine rings is 1. The Hall–Kier alpha value is -1.45. The zero-order chi connectivity index (χ0) is 14.4. The summed E-state index contributed by atoms with van der Waals surface area (Å²) in [7, 11) is 0. The van der Waals surface area contributed by atoms with Crippen LogP contribution in [-0.4, -0.2) is 17.6 Å². The Balaban J connectivity index is 2.09. The predicted molar refractivity (Wildman–Crippen MR) is 80.5 cm³/mol. The second kappa shape index (κ2) is 7.36. The van der Waals surface area contributed by atoms with Crippen molar-refractivity contribution in [3.05, 3.63) is 64.7 Å². The maximum absolute atomic E-state index is 13.9. The van der Waals surface area contributed by atoms with Crippen LogP contribution >= 0.6 is 11.6 Å². The van der Waals surface area contributed by atoms with Crippen molar-refractivity contribution in [1.29, 1.82) is 0 Å². The lowest BCUT2D eigenvalue weighted by Crippen LogP contribution is -2.33. The van der Waals surface area contributed by atoms with Crippen molar-refractivity contribution in [3.8, 4) is 0 Å². The zero-order valence-corrected chi connectivity index (χ0v) is 12.2. The van der Waals surface area contributed by atoms with E-state index in [2.05, 4.69) is 17.2 Å². The first-order valence-electron chi connectivity index (χ1n) is 6.75. The van der Waals surface area contributed by atoms with Gasteiger partial charge in [-0.2, -0.15) is 0 Å². The maximum atomic E-state index is 13.9. The van der Waals surface area contributed by atoms with Crippen molar-refractivity contribution in [2.75, 3.05) is 6.54 Å². The molecule has 2 nitrogen and oxygen atoms in total. The summed E-state index contributed by atoms with van der Waals surface area (Å²) in [5.41, 5.74) is 1.88. The Bertz CT molecular complexity index is 545. The highest BCUT2D eigenvalue weighted by molar-refractivity contribution is 6.30. The molecule has 2 aromatic rings. The minimum absolute atomic E-state index is 0.193. The van der Waals surface area contributed by atoms with Gasteiger partial charge in [0.1, 0.15) is 5.82 Å². The van der Waals surface area contributed by atoms with Gasteiger partial charge >= 0.3 is 0 Å². The molecule has 20 heavy (non-hydrogen) atoms. The summed E-state index contributed by atoms with van der Waals surface area (Å²) in [5.74, 6) is -0.241. The molecule has 0 fully saturated rings. The number of likely N-dealkylation sites (N-methyl/N-ethyl adjacent to an activating group) is 1. The van der Waals surface area contributed by atoms with Crippen LogP contribution in [-0.2, 0) is 12.8 Å². The molecular formula is C16H18ClFN2. The van der Waals surface area contributed by atoms with Gasteiger partial charge < -0.3 is 5.32 Å². The van der Waals surface area contributed by atoms with Crippen LogP contribution in [0.15, 0.2) is 42.7 Å². The molecule has 0 bridgehead atoms. The van der Waals surface area contributed by atoms with E-state index in [-0.39, 0.29) is 11.9 Å². The average molecular weight is 293 g/mol. The Labute approximate surface area is 124 Å². The first-order valence-corrected chi connectivity index (χ1v) is 7.13. The molecule has 0 aliphatic heterocycles. The Morgan fingerprint density at radius 1 is 1.20 bits per heavy atom. The lowest BCUT2D eigenvalue weighted by molar-refractivity contribution is 0.505. The first kappa shape index (κ1) is 14.9. The van der Waals surface area contributed by atoms with Crippen LogP contribution in [0.25, 0.3) is 0 Å². The summed E-state index contributed by atoms with van der Waals surface area (Å²) in [4.78, 5) is 4.01. The molecule has 1 atom stereocenters. The van der Waals surface area contributed by atoms with E-state index in [0.29, 0.717) is 17.0 Å². The third kappa shape index (κ3) is 4.29. The molecule has 2 rings (SSSR count). The van der Waals surface area contributed by atoms with Gasteiger partial charge in [-0.3, -0.25) is 4.98 Å². The summed E-state index contributed by atoms with van der Waals surface area (Å²) in [6.45, 7) is 2.91. The van der Waals surface area contributed by atoms with Crippen LogP contribution in [0.5, 0.6) is 0 Å². The monoisotopic (exact) mass is 292 g/mol. The molecule has 1 aromatic carbocycles. The summed E-state index contributed by atoms with van der Waals surface area (Å²) >= 11 is 5.78. The molecule has 1 heterocycles. The van der Waals surface area contributed by atoms with E-state index in [9.17, 15) is 4.39 Å². The van der Waals surface area contributed by atoms with Gasteiger partial charge in [-0.25, -0.2) is 4.39 Å². The van der Waals surface area contributed by atoms with E-state index in [1.165, 1.54) is 11.6 Å². The van der Waals surface area contributed by atoms with E-state index < -0.39 is 0 Å². The van der Waals surface area contributed by atoms with E-state index in [1.54, 1.807) is 24.5 Å². The molecule has 0 radical (unpaired) electrons. The van der Waals surface area contributed by atoms with Gasteiger partial charge in [0.25, 0.3) is 0 Å². The minimum Gasteiger partial charge on any atom is -0.314 e. The summed E-state index contributed by atoms with van der Waals surface area (Å²) in [5, 5.41) is 3.83. The first-order chi connectivity index (χ1) is 9.69. The highest BCUT2D eigenvalue weighted by atomic mass is 35.5. The molecule has 1 N–H and O–H groups in total. The number of nitrogens with one attached hydrogen (secondary N) is 1. The third-order valence-electron chi connectivity index (χ3n) is 3.21. The minimum atomic E-state index is -0.241. The van der Waals surface area contributed by atoms with E-state index in [0.717, 1.165) is 13.0 Å². The van der Waals surface area contributed by atoms with Gasteiger partial charge in [0, 0.05) is 23.5 Å².